The smallest absolute Gasteiger partial charge is 0.409 e. The first kappa shape index (κ1) is 20.4. The van der Waals surface area contributed by atoms with E-state index in [4.69, 9.17) is 9.47 Å². The van der Waals surface area contributed by atoms with Gasteiger partial charge in [0.05, 0.1) is 0 Å². The molecule has 1 aliphatic carbocycles. The number of amides is 1. The molecule has 0 atom stereocenters. The summed E-state index contributed by atoms with van der Waals surface area (Å²) in [6.45, 7) is 3.23. The fourth-order valence-electron chi connectivity index (χ4n) is 4.45. The van der Waals surface area contributed by atoms with Crippen LogP contribution in [0.3, 0.4) is 0 Å². The molecule has 0 spiro atoms. The normalized spacial score (nSPS) is 17.3. The topological polar surface area (TPSA) is 76.1 Å². The molecule has 158 valence electrons. The highest BCUT2D eigenvalue weighted by Gasteiger charge is 2.44. The SMILES string of the molecule is CCCOC1(C(=O)O)CCN(C(=O)OCC2c3ccccc3-c3ccccc32)CC1. The summed E-state index contributed by atoms with van der Waals surface area (Å²) in [5, 5.41) is 9.61. The Kier molecular flexibility index (Phi) is 5.77. The average Bonchev–Trinajstić information content (AvgIpc) is 3.10. The molecule has 0 saturated carbocycles. The number of aliphatic carboxylic acids is 1. The number of fused-ring (bicyclic) bond motifs is 3. The van der Waals surface area contributed by atoms with Crippen molar-refractivity contribution in [3.8, 4) is 11.1 Å². The molecular weight excluding hydrogens is 382 g/mol. The van der Waals surface area contributed by atoms with Gasteiger partial charge >= 0.3 is 12.1 Å². The summed E-state index contributed by atoms with van der Waals surface area (Å²) in [7, 11) is 0. The van der Waals surface area contributed by atoms with Gasteiger partial charge in [0.15, 0.2) is 5.60 Å². The molecule has 6 nitrogen and oxygen atoms in total. The third kappa shape index (κ3) is 3.67. The van der Waals surface area contributed by atoms with E-state index in [2.05, 4.69) is 24.3 Å². The molecule has 2 aromatic rings. The van der Waals surface area contributed by atoms with Crippen molar-refractivity contribution in [1.29, 1.82) is 0 Å². The second-order valence-electron chi connectivity index (χ2n) is 7.94. The number of hydrogen-bond acceptors (Lipinski definition) is 4. The molecule has 1 fully saturated rings. The lowest BCUT2D eigenvalue weighted by atomic mass is 9.91. The molecule has 6 heteroatoms. The standard InChI is InChI=1S/C24H27NO5/c1-2-15-30-24(22(26)27)11-13-25(14-12-24)23(28)29-16-21-19-9-5-3-7-17(19)18-8-4-6-10-20(18)21/h3-10,21H,2,11-16H2,1H3,(H,26,27). The summed E-state index contributed by atoms with van der Waals surface area (Å²) in [5.41, 5.74) is 3.51. The number of ether oxygens (including phenoxy) is 2. The Hall–Kier alpha value is -2.86. The lowest BCUT2D eigenvalue weighted by molar-refractivity contribution is -0.172. The number of likely N-dealkylation sites (tertiary alicyclic amines) is 1. The van der Waals surface area contributed by atoms with Crippen molar-refractivity contribution in [1.82, 2.24) is 4.90 Å². The van der Waals surface area contributed by atoms with Crippen LogP contribution in [0.4, 0.5) is 4.79 Å². The molecule has 1 N–H and O–H groups in total. The Bertz CT molecular complexity index is 887. The molecule has 30 heavy (non-hydrogen) atoms. The molecule has 1 aliphatic heterocycles. The summed E-state index contributed by atoms with van der Waals surface area (Å²) >= 11 is 0. The summed E-state index contributed by atoms with van der Waals surface area (Å²) in [6.07, 6.45) is 0.899. The van der Waals surface area contributed by atoms with Crippen LogP contribution in [-0.4, -0.2) is 54.0 Å². The number of carboxylic acid groups (broad SMARTS) is 1. The molecule has 0 radical (unpaired) electrons. The number of benzene rings is 2. The van der Waals surface area contributed by atoms with E-state index in [1.807, 2.05) is 31.2 Å². The quantitative estimate of drug-likeness (QED) is 0.771. The lowest BCUT2D eigenvalue weighted by Gasteiger charge is -2.38. The fraction of sp³-hybridized carbons (Fsp3) is 0.417. The maximum Gasteiger partial charge on any atom is 0.409 e. The molecule has 1 heterocycles. The Morgan fingerprint density at radius 2 is 1.60 bits per heavy atom. The van der Waals surface area contributed by atoms with E-state index in [1.54, 1.807) is 4.90 Å². The number of nitrogens with zero attached hydrogens (tertiary/aromatic N) is 1. The minimum atomic E-state index is -1.20. The predicted molar refractivity (Wildman–Crippen MR) is 112 cm³/mol. The van der Waals surface area contributed by atoms with Gasteiger partial charge in [-0.2, -0.15) is 0 Å². The first-order valence-corrected chi connectivity index (χ1v) is 10.5. The molecule has 0 unspecified atom stereocenters. The van der Waals surface area contributed by atoms with Gasteiger partial charge in [-0.15, -0.1) is 0 Å². The van der Waals surface area contributed by atoms with E-state index in [1.165, 1.54) is 22.3 Å². The van der Waals surface area contributed by atoms with E-state index in [0.717, 1.165) is 6.42 Å². The van der Waals surface area contributed by atoms with Crippen molar-refractivity contribution in [2.24, 2.45) is 0 Å². The van der Waals surface area contributed by atoms with E-state index >= 15 is 0 Å². The summed E-state index contributed by atoms with van der Waals surface area (Å²) in [6, 6.07) is 16.4. The van der Waals surface area contributed by atoms with Gasteiger partial charge in [-0.3, -0.25) is 0 Å². The number of carbonyl (C=O) groups excluding carboxylic acids is 1. The van der Waals surface area contributed by atoms with Crippen LogP contribution in [0.1, 0.15) is 43.2 Å². The number of piperidine rings is 1. The summed E-state index contributed by atoms with van der Waals surface area (Å²) in [5.74, 6) is -0.944. The first-order chi connectivity index (χ1) is 14.6. The number of rotatable bonds is 6. The van der Waals surface area contributed by atoms with Gasteiger partial charge in [0.25, 0.3) is 0 Å². The van der Waals surface area contributed by atoms with Crippen molar-refractivity contribution in [3.63, 3.8) is 0 Å². The molecule has 4 rings (SSSR count). The van der Waals surface area contributed by atoms with Gasteiger partial charge < -0.3 is 19.5 Å². The van der Waals surface area contributed by atoms with E-state index in [0.29, 0.717) is 19.7 Å². The maximum absolute atomic E-state index is 12.7. The highest BCUT2D eigenvalue weighted by atomic mass is 16.6. The Balaban J connectivity index is 1.40. The van der Waals surface area contributed by atoms with Crippen molar-refractivity contribution >= 4 is 12.1 Å². The van der Waals surface area contributed by atoms with Crippen LogP contribution in [0.2, 0.25) is 0 Å². The minimum absolute atomic E-state index is 0.0112. The van der Waals surface area contributed by atoms with Crippen molar-refractivity contribution in [2.45, 2.75) is 37.7 Å². The highest BCUT2D eigenvalue weighted by Crippen LogP contribution is 2.44. The molecule has 0 bridgehead atoms. The second kappa shape index (κ2) is 8.48. The maximum atomic E-state index is 12.7. The van der Waals surface area contributed by atoms with Gasteiger partial charge in [-0.1, -0.05) is 55.5 Å². The third-order valence-corrected chi connectivity index (χ3v) is 6.14. The van der Waals surface area contributed by atoms with Gasteiger partial charge in [0.2, 0.25) is 0 Å². The van der Waals surface area contributed by atoms with Crippen LogP contribution in [0.5, 0.6) is 0 Å². The van der Waals surface area contributed by atoms with Gasteiger partial charge in [0.1, 0.15) is 6.61 Å². The van der Waals surface area contributed by atoms with Crippen LogP contribution < -0.4 is 0 Å². The molecule has 2 aromatic carbocycles. The number of carboxylic acids is 1. The Labute approximate surface area is 176 Å². The molecule has 0 aromatic heterocycles. The fourth-order valence-corrected chi connectivity index (χ4v) is 4.45. The predicted octanol–water partition coefficient (Wildman–Crippen LogP) is 4.28. The monoisotopic (exact) mass is 409 g/mol. The minimum Gasteiger partial charge on any atom is -0.479 e. The van der Waals surface area contributed by atoms with Crippen LogP contribution in [0, 0.1) is 0 Å². The van der Waals surface area contributed by atoms with E-state index < -0.39 is 17.7 Å². The molecule has 1 amide bonds. The Morgan fingerprint density at radius 1 is 1.03 bits per heavy atom. The lowest BCUT2D eigenvalue weighted by Crippen LogP contribution is -2.52. The molecule has 2 aliphatic rings. The number of carbonyl (C=O) groups is 2. The van der Waals surface area contributed by atoms with Crippen molar-refractivity contribution in [2.75, 3.05) is 26.3 Å². The summed E-state index contributed by atoms with van der Waals surface area (Å²) in [4.78, 5) is 26.0. The van der Waals surface area contributed by atoms with Crippen molar-refractivity contribution in [3.05, 3.63) is 59.7 Å². The number of hydrogen-bond donors (Lipinski definition) is 1. The van der Waals surface area contributed by atoms with E-state index in [9.17, 15) is 14.7 Å². The third-order valence-electron chi connectivity index (χ3n) is 6.14. The van der Waals surface area contributed by atoms with Gasteiger partial charge in [0, 0.05) is 38.5 Å². The van der Waals surface area contributed by atoms with Gasteiger partial charge in [-0.25, -0.2) is 9.59 Å². The van der Waals surface area contributed by atoms with Crippen LogP contribution in [0.15, 0.2) is 48.5 Å². The van der Waals surface area contributed by atoms with E-state index in [-0.39, 0.29) is 25.4 Å². The second-order valence-corrected chi connectivity index (χ2v) is 7.94. The van der Waals surface area contributed by atoms with Crippen molar-refractivity contribution < 1.29 is 24.2 Å². The zero-order valence-corrected chi connectivity index (χ0v) is 17.2. The largest absolute Gasteiger partial charge is 0.479 e. The zero-order valence-electron chi connectivity index (χ0n) is 17.2. The van der Waals surface area contributed by atoms with Crippen LogP contribution in [-0.2, 0) is 14.3 Å². The first-order valence-electron chi connectivity index (χ1n) is 10.5. The molecule has 1 saturated heterocycles. The molecular formula is C24H27NO5. The average molecular weight is 409 g/mol. The van der Waals surface area contributed by atoms with Crippen LogP contribution >= 0.6 is 0 Å². The Morgan fingerprint density at radius 3 is 2.13 bits per heavy atom. The summed E-state index contributed by atoms with van der Waals surface area (Å²) < 4.78 is 11.3. The van der Waals surface area contributed by atoms with Gasteiger partial charge in [-0.05, 0) is 28.7 Å². The highest BCUT2D eigenvalue weighted by molar-refractivity contribution is 5.79. The zero-order chi connectivity index (χ0) is 21.1. The van der Waals surface area contributed by atoms with Crippen LogP contribution in [0.25, 0.3) is 11.1 Å².